The first kappa shape index (κ1) is 11.7. The fraction of sp³-hybridized carbons (Fsp3) is 0. The highest BCUT2D eigenvalue weighted by molar-refractivity contribution is 7.22. The molecule has 6 heteroatoms. The number of fused-ring (bicyclic) bond motifs is 1. The molecule has 0 spiro atoms. The monoisotopic (exact) mass is 273 g/mol. The maximum Gasteiger partial charge on any atom is 0.279 e. The molecule has 1 amide bonds. The Bertz CT molecular complexity index is 723. The third kappa shape index (κ3) is 2.30. The highest BCUT2D eigenvalue weighted by Crippen LogP contribution is 2.25. The number of thiazole rings is 1. The molecular weight excluding hydrogens is 265 g/mol. The van der Waals surface area contributed by atoms with Gasteiger partial charge < -0.3 is 0 Å². The average Bonchev–Trinajstić information content (AvgIpc) is 2.81. The first-order chi connectivity index (χ1) is 9.24. The number of para-hydroxylation sites is 1. The van der Waals surface area contributed by atoms with E-state index in [9.17, 15) is 9.18 Å². The molecule has 3 rings (SSSR count). The van der Waals surface area contributed by atoms with Gasteiger partial charge in [-0.15, -0.1) is 0 Å². The van der Waals surface area contributed by atoms with Crippen LogP contribution in [0.2, 0.25) is 0 Å². The summed E-state index contributed by atoms with van der Waals surface area (Å²) in [6.07, 6.45) is 1.37. The molecule has 2 aromatic heterocycles. The highest BCUT2D eigenvalue weighted by Gasteiger charge is 2.14. The first-order valence-corrected chi connectivity index (χ1v) is 6.33. The summed E-state index contributed by atoms with van der Waals surface area (Å²) < 4.78 is 14.4. The molecule has 2 heterocycles. The van der Waals surface area contributed by atoms with Gasteiger partial charge in [0.15, 0.2) is 16.6 Å². The van der Waals surface area contributed by atoms with E-state index >= 15 is 0 Å². The molecule has 1 N–H and O–H groups in total. The Morgan fingerprint density at radius 2 is 2.05 bits per heavy atom. The van der Waals surface area contributed by atoms with Gasteiger partial charge in [-0.2, -0.15) is 0 Å². The van der Waals surface area contributed by atoms with Crippen LogP contribution >= 0.6 is 11.3 Å². The Balaban J connectivity index is 1.89. The van der Waals surface area contributed by atoms with Gasteiger partial charge in [0.25, 0.3) is 5.91 Å². The number of nitrogens with zero attached hydrogens (tertiary/aromatic N) is 2. The van der Waals surface area contributed by atoms with Crippen LogP contribution < -0.4 is 5.32 Å². The Morgan fingerprint density at radius 3 is 2.84 bits per heavy atom. The summed E-state index contributed by atoms with van der Waals surface area (Å²) in [6.45, 7) is 0. The van der Waals surface area contributed by atoms with Crippen LogP contribution in [0.5, 0.6) is 0 Å². The summed E-state index contributed by atoms with van der Waals surface area (Å²) in [5.74, 6) is -1.25. The van der Waals surface area contributed by atoms with Crippen LogP contribution in [0.15, 0.2) is 42.6 Å². The second kappa shape index (κ2) is 4.74. The van der Waals surface area contributed by atoms with E-state index in [1.807, 2.05) is 24.3 Å². The van der Waals surface area contributed by atoms with E-state index in [1.165, 1.54) is 29.7 Å². The fourth-order valence-electron chi connectivity index (χ4n) is 1.63. The molecule has 3 aromatic rings. The smallest absolute Gasteiger partial charge is 0.279 e. The van der Waals surface area contributed by atoms with E-state index in [2.05, 4.69) is 15.3 Å². The van der Waals surface area contributed by atoms with Gasteiger partial charge in [0.2, 0.25) is 0 Å². The summed E-state index contributed by atoms with van der Waals surface area (Å²) in [5.41, 5.74) is 0.561. The minimum absolute atomic E-state index is 0.234. The zero-order valence-corrected chi connectivity index (χ0v) is 10.4. The fourth-order valence-corrected chi connectivity index (χ4v) is 2.50. The van der Waals surface area contributed by atoms with Crippen molar-refractivity contribution in [1.29, 1.82) is 0 Å². The number of aromatic nitrogens is 2. The Hall–Kier alpha value is -2.34. The predicted molar refractivity (Wildman–Crippen MR) is 71.8 cm³/mol. The number of hydrogen-bond donors (Lipinski definition) is 1. The summed E-state index contributed by atoms with van der Waals surface area (Å²) in [6, 6.07) is 10.1. The molecule has 0 saturated carbocycles. The normalized spacial score (nSPS) is 10.6. The number of carbonyl (C=O) groups is 1. The van der Waals surface area contributed by atoms with E-state index in [0.717, 1.165) is 10.2 Å². The predicted octanol–water partition coefficient (Wildman–Crippen LogP) is 3.08. The molecule has 0 saturated heterocycles. The number of pyridine rings is 1. The number of anilines is 1. The number of carbonyl (C=O) groups excluding carboxylic acids is 1. The topological polar surface area (TPSA) is 54.9 Å². The molecule has 19 heavy (non-hydrogen) atoms. The van der Waals surface area contributed by atoms with E-state index in [0.29, 0.717) is 5.13 Å². The van der Waals surface area contributed by atoms with Crippen molar-refractivity contribution >= 4 is 32.6 Å². The summed E-state index contributed by atoms with van der Waals surface area (Å²) in [4.78, 5) is 19.8. The van der Waals surface area contributed by atoms with Crippen LogP contribution in [0.4, 0.5) is 9.52 Å². The Morgan fingerprint density at radius 1 is 1.21 bits per heavy atom. The van der Waals surface area contributed by atoms with Gasteiger partial charge in [0.1, 0.15) is 0 Å². The number of halogens is 1. The standard InChI is InChI=1S/C13H8FN3OS/c14-8-4-3-7-15-11(8)12(18)17-13-16-9-5-1-2-6-10(9)19-13/h1-7H,(H,16,17,18). The minimum atomic E-state index is -0.652. The van der Waals surface area contributed by atoms with Gasteiger partial charge >= 0.3 is 0 Å². The molecular formula is C13H8FN3OS. The molecule has 4 nitrogen and oxygen atoms in total. The van der Waals surface area contributed by atoms with Gasteiger partial charge in [-0.3, -0.25) is 10.1 Å². The lowest BCUT2D eigenvalue weighted by molar-refractivity contribution is 0.101. The lowest BCUT2D eigenvalue weighted by Crippen LogP contribution is -2.15. The van der Waals surface area contributed by atoms with Crippen molar-refractivity contribution in [2.24, 2.45) is 0 Å². The van der Waals surface area contributed by atoms with E-state index in [1.54, 1.807) is 0 Å². The van der Waals surface area contributed by atoms with E-state index < -0.39 is 11.7 Å². The van der Waals surface area contributed by atoms with Crippen molar-refractivity contribution in [3.05, 3.63) is 54.1 Å². The zero-order valence-electron chi connectivity index (χ0n) is 9.63. The van der Waals surface area contributed by atoms with Crippen LogP contribution in [0.1, 0.15) is 10.5 Å². The molecule has 0 radical (unpaired) electrons. The number of rotatable bonds is 2. The maximum atomic E-state index is 13.4. The Labute approximate surface area is 111 Å². The van der Waals surface area contributed by atoms with Gasteiger partial charge in [0.05, 0.1) is 10.2 Å². The number of amides is 1. The largest absolute Gasteiger partial charge is 0.296 e. The average molecular weight is 273 g/mol. The van der Waals surface area contributed by atoms with Crippen molar-refractivity contribution in [3.63, 3.8) is 0 Å². The second-order valence-corrected chi connectivity index (χ2v) is 4.81. The quantitative estimate of drug-likeness (QED) is 0.780. The lowest BCUT2D eigenvalue weighted by atomic mass is 10.3. The third-order valence-electron chi connectivity index (χ3n) is 2.49. The van der Waals surface area contributed by atoms with Crippen LogP contribution in [-0.2, 0) is 0 Å². The molecule has 0 unspecified atom stereocenters. The summed E-state index contributed by atoms with van der Waals surface area (Å²) in [5, 5.41) is 2.98. The number of nitrogens with one attached hydrogen (secondary N) is 1. The molecule has 1 aromatic carbocycles. The molecule has 0 aliphatic carbocycles. The third-order valence-corrected chi connectivity index (χ3v) is 3.44. The Kier molecular flexibility index (Phi) is 2.92. The van der Waals surface area contributed by atoms with Gasteiger partial charge in [-0.05, 0) is 24.3 Å². The van der Waals surface area contributed by atoms with Crippen molar-refractivity contribution in [2.45, 2.75) is 0 Å². The lowest BCUT2D eigenvalue weighted by Gasteiger charge is -2.00. The van der Waals surface area contributed by atoms with Crippen molar-refractivity contribution in [2.75, 3.05) is 5.32 Å². The minimum Gasteiger partial charge on any atom is -0.296 e. The molecule has 0 bridgehead atoms. The summed E-state index contributed by atoms with van der Waals surface area (Å²) >= 11 is 1.33. The van der Waals surface area contributed by atoms with Crippen LogP contribution in [0.3, 0.4) is 0 Å². The summed E-state index contributed by atoms with van der Waals surface area (Å²) in [7, 11) is 0. The van der Waals surface area contributed by atoms with Crippen molar-refractivity contribution < 1.29 is 9.18 Å². The van der Waals surface area contributed by atoms with Crippen LogP contribution in [0, 0.1) is 5.82 Å². The van der Waals surface area contributed by atoms with Crippen LogP contribution in [0.25, 0.3) is 10.2 Å². The van der Waals surface area contributed by atoms with Crippen LogP contribution in [-0.4, -0.2) is 15.9 Å². The molecule has 0 aliphatic heterocycles. The van der Waals surface area contributed by atoms with Crippen molar-refractivity contribution in [1.82, 2.24) is 9.97 Å². The first-order valence-electron chi connectivity index (χ1n) is 5.51. The molecule has 0 atom stereocenters. The molecule has 0 fully saturated rings. The van der Waals surface area contributed by atoms with Gasteiger partial charge in [-0.1, -0.05) is 23.5 Å². The van der Waals surface area contributed by atoms with E-state index in [-0.39, 0.29) is 5.69 Å². The second-order valence-electron chi connectivity index (χ2n) is 3.77. The van der Waals surface area contributed by atoms with Crippen molar-refractivity contribution in [3.8, 4) is 0 Å². The van der Waals surface area contributed by atoms with Gasteiger partial charge in [0, 0.05) is 6.20 Å². The van der Waals surface area contributed by atoms with E-state index in [4.69, 9.17) is 0 Å². The zero-order chi connectivity index (χ0) is 13.2. The molecule has 94 valence electrons. The SMILES string of the molecule is O=C(Nc1nc2ccccc2s1)c1ncccc1F. The molecule has 0 aliphatic rings. The number of benzene rings is 1. The number of hydrogen-bond acceptors (Lipinski definition) is 4. The maximum absolute atomic E-state index is 13.4. The highest BCUT2D eigenvalue weighted by atomic mass is 32.1. The van der Waals surface area contributed by atoms with Gasteiger partial charge in [-0.25, -0.2) is 14.4 Å².